The second-order valence-electron chi connectivity index (χ2n) is 9.55. The number of rotatable bonds is 8. The maximum Gasteiger partial charge on any atom is 0.338 e. The van der Waals surface area contributed by atoms with Gasteiger partial charge in [-0.3, -0.25) is 29.6 Å². The molecule has 1 aromatic heterocycles. The Balaban J connectivity index is 1.57. The van der Waals surface area contributed by atoms with E-state index in [1.807, 2.05) is 31.2 Å². The molecule has 0 N–H and O–H groups in total. The summed E-state index contributed by atoms with van der Waals surface area (Å²) in [5, 5.41) is 22.6. The van der Waals surface area contributed by atoms with E-state index in [2.05, 4.69) is 4.99 Å². The highest BCUT2D eigenvalue weighted by molar-refractivity contribution is 7.07. The minimum Gasteiger partial charge on any atom is -0.463 e. The Morgan fingerprint density at radius 3 is 2.47 bits per heavy atom. The number of hydrogen-bond donors (Lipinski definition) is 0. The molecule has 0 radical (unpaired) electrons. The lowest BCUT2D eigenvalue weighted by molar-refractivity contribution is -0.394. The number of thiazole rings is 1. The lowest BCUT2D eigenvalue weighted by atomic mass is 9.95. The van der Waals surface area contributed by atoms with Gasteiger partial charge in [-0.2, -0.15) is 0 Å². The van der Waals surface area contributed by atoms with E-state index in [0.717, 1.165) is 40.7 Å². The second kappa shape index (κ2) is 11.8. The van der Waals surface area contributed by atoms with Crippen LogP contribution in [0, 0.1) is 27.2 Å². The average molecular weight is 601 g/mol. The Kier molecular flexibility index (Phi) is 7.99. The Morgan fingerprint density at radius 2 is 1.79 bits per heavy atom. The monoisotopic (exact) mass is 600 g/mol. The van der Waals surface area contributed by atoms with Gasteiger partial charge in [-0.1, -0.05) is 53.3 Å². The zero-order valence-corrected chi connectivity index (χ0v) is 24.0. The summed E-state index contributed by atoms with van der Waals surface area (Å²) in [6.45, 7) is 5.53. The van der Waals surface area contributed by atoms with Crippen LogP contribution in [0.3, 0.4) is 0 Å². The van der Waals surface area contributed by atoms with Crippen molar-refractivity contribution >= 4 is 34.8 Å². The summed E-state index contributed by atoms with van der Waals surface area (Å²) in [7, 11) is 0. The number of carbonyl (C=O) groups excluding carboxylic acids is 1. The average Bonchev–Trinajstić information content (AvgIpc) is 3.26. The molecule has 5 rings (SSSR count). The molecule has 0 bridgehead atoms. The third kappa shape index (κ3) is 5.83. The van der Waals surface area contributed by atoms with Crippen LogP contribution >= 0.6 is 11.3 Å². The molecule has 43 heavy (non-hydrogen) atoms. The molecular weight excluding hydrogens is 576 g/mol. The van der Waals surface area contributed by atoms with Crippen LogP contribution in [0.5, 0.6) is 11.5 Å². The first kappa shape index (κ1) is 29.1. The summed E-state index contributed by atoms with van der Waals surface area (Å²) < 4.78 is 12.9. The van der Waals surface area contributed by atoms with E-state index in [0.29, 0.717) is 20.6 Å². The van der Waals surface area contributed by atoms with Crippen LogP contribution in [0.25, 0.3) is 6.08 Å². The van der Waals surface area contributed by atoms with E-state index in [1.165, 1.54) is 4.57 Å². The number of nitrogens with zero attached hydrogens (tertiary/aromatic N) is 4. The van der Waals surface area contributed by atoms with Gasteiger partial charge in [-0.05, 0) is 56.2 Å². The number of carbonyl (C=O) groups is 1. The van der Waals surface area contributed by atoms with Gasteiger partial charge >= 0.3 is 11.7 Å². The predicted octanol–water partition coefficient (Wildman–Crippen LogP) is 4.72. The third-order valence-corrected chi connectivity index (χ3v) is 7.63. The van der Waals surface area contributed by atoms with E-state index in [1.54, 1.807) is 44.2 Å². The van der Waals surface area contributed by atoms with E-state index in [9.17, 15) is 29.8 Å². The molecule has 0 fully saturated rings. The summed E-state index contributed by atoms with van der Waals surface area (Å²) in [4.78, 5) is 52.9. The molecule has 1 aliphatic rings. The Hall–Kier alpha value is -5.43. The molecule has 12 nitrogen and oxygen atoms in total. The Morgan fingerprint density at radius 1 is 1.05 bits per heavy atom. The molecule has 0 unspecified atom stereocenters. The lowest BCUT2D eigenvalue weighted by Crippen LogP contribution is -2.39. The molecule has 2 heterocycles. The van der Waals surface area contributed by atoms with Gasteiger partial charge in [0.1, 0.15) is 5.75 Å². The summed E-state index contributed by atoms with van der Waals surface area (Å²) in [6, 6.07) is 16.4. The van der Waals surface area contributed by atoms with Crippen LogP contribution in [0.1, 0.15) is 36.6 Å². The van der Waals surface area contributed by atoms with Crippen molar-refractivity contribution in [1.29, 1.82) is 0 Å². The summed E-state index contributed by atoms with van der Waals surface area (Å²) >= 11 is 1.16. The molecular formula is C30H24N4O8S. The molecule has 13 heteroatoms. The molecule has 0 aliphatic carbocycles. The van der Waals surface area contributed by atoms with Crippen LogP contribution in [-0.4, -0.2) is 27.0 Å². The smallest absolute Gasteiger partial charge is 0.338 e. The van der Waals surface area contributed by atoms with Gasteiger partial charge in [0.25, 0.3) is 11.2 Å². The molecule has 0 spiro atoms. The maximum absolute atomic E-state index is 13.8. The van der Waals surface area contributed by atoms with Gasteiger partial charge < -0.3 is 9.47 Å². The first-order chi connectivity index (χ1) is 20.6. The lowest BCUT2D eigenvalue weighted by Gasteiger charge is -2.24. The first-order valence-electron chi connectivity index (χ1n) is 13.0. The topological polar surface area (TPSA) is 156 Å². The number of allylic oxidation sites excluding steroid dienone is 1. The number of ether oxygens (including phenoxy) is 2. The molecule has 0 amide bonds. The Labute approximate surface area is 247 Å². The van der Waals surface area contributed by atoms with E-state index in [4.69, 9.17) is 9.47 Å². The van der Waals surface area contributed by atoms with Crippen LogP contribution in [0.2, 0.25) is 0 Å². The van der Waals surface area contributed by atoms with Crippen molar-refractivity contribution in [3.05, 3.63) is 135 Å². The number of non-ortho nitro benzene ring substituents is 1. The van der Waals surface area contributed by atoms with E-state index < -0.39 is 33.2 Å². The molecule has 1 aliphatic heterocycles. The second-order valence-corrected chi connectivity index (χ2v) is 10.6. The van der Waals surface area contributed by atoms with Gasteiger partial charge in [0.15, 0.2) is 4.80 Å². The third-order valence-electron chi connectivity index (χ3n) is 6.64. The number of nitro groups is 2. The van der Waals surface area contributed by atoms with E-state index >= 15 is 0 Å². The fourth-order valence-corrected chi connectivity index (χ4v) is 5.70. The number of fused-ring (bicyclic) bond motifs is 1. The van der Waals surface area contributed by atoms with Crippen LogP contribution in [-0.2, 0) is 9.53 Å². The summed E-state index contributed by atoms with van der Waals surface area (Å²) in [6.07, 6.45) is 1.64. The molecule has 1 atom stereocenters. The molecule has 0 saturated heterocycles. The first-order valence-corrected chi connectivity index (χ1v) is 13.9. The van der Waals surface area contributed by atoms with Crippen molar-refractivity contribution in [2.24, 2.45) is 4.99 Å². The van der Waals surface area contributed by atoms with Crippen LogP contribution < -0.4 is 19.6 Å². The highest BCUT2D eigenvalue weighted by Crippen LogP contribution is 2.35. The fourth-order valence-electron chi connectivity index (χ4n) is 4.65. The zero-order valence-electron chi connectivity index (χ0n) is 23.2. The number of aromatic nitrogens is 1. The fraction of sp³-hybridized carbons (Fsp3) is 0.167. The van der Waals surface area contributed by atoms with Crippen molar-refractivity contribution in [1.82, 2.24) is 4.57 Å². The van der Waals surface area contributed by atoms with Gasteiger partial charge in [0.05, 0.1) is 44.4 Å². The van der Waals surface area contributed by atoms with Gasteiger partial charge in [0.2, 0.25) is 5.75 Å². The highest BCUT2D eigenvalue weighted by atomic mass is 32.1. The van der Waals surface area contributed by atoms with E-state index in [-0.39, 0.29) is 29.2 Å². The normalized spacial score (nSPS) is 14.6. The number of benzene rings is 3. The molecule has 218 valence electrons. The molecule has 3 aromatic carbocycles. The predicted molar refractivity (Wildman–Crippen MR) is 158 cm³/mol. The summed E-state index contributed by atoms with van der Waals surface area (Å²) in [5.74, 6) is -0.502. The van der Waals surface area contributed by atoms with Gasteiger partial charge in [-0.15, -0.1) is 0 Å². The minimum atomic E-state index is -0.760. The molecule has 0 saturated carbocycles. The summed E-state index contributed by atoms with van der Waals surface area (Å²) in [5.41, 5.74) is 1.69. The van der Waals surface area contributed by atoms with Crippen molar-refractivity contribution in [2.45, 2.75) is 26.8 Å². The van der Waals surface area contributed by atoms with Crippen LogP contribution in [0.15, 0.2) is 87.8 Å². The number of esters is 1. The molecule has 4 aromatic rings. The van der Waals surface area contributed by atoms with Crippen molar-refractivity contribution in [2.75, 3.05) is 6.61 Å². The highest BCUT2D eigenvalue weighted by Gasteiger charge is 2.33. The number of nitro benzene ring substituents is 2. The largest absolute Gasteiger partial charge is 0.463 e. The van der Waals surface area contributed by atoms with Gasteiger partial charge in [-0.25, -0.2) is 9.79 Å². The Bertz CT molecular complexity index is 1990. The van der Waals surface area contributed by atoms with Crippen molar-refractivity contribution < 1.29 is 24.1 Å². The maximum atomic E-state index is 13.8. The SMILES string of the molecule is CCOC(=O)C1=C(C)N=c2s/c(=C\c3cccc(Oc4ccc([N+](=O)[O-])cc4[N+](=O)[O-])c3)c(=O)n2[C@H]1c1ccc(C)cc1. The quantitative estimate of drug-likeness (QED) is 0.160. The van der Waals surface area contributed by atoms with Crippen LogP contribution in [0.4, 0.5) is 11.4 Å². The number of hydrogen-bond acceptors (Lipinski definition) is 10. The zero-order chi connectivity index (χ0) is 30.8. The number of aryl methyl sites for hydroxylation is 1. The van der Waals surface area contributed by atoms with Crippen molar-refractivity contribution in [3.8, 4) is 11.5 Å². The van der Waals surface area contributed by atoms with Crippen molar-refractivity contribution in [3.63, 3.8) is 0 Å². The van der Waals surface area contributed by atoms with Gasteiger partial charge in [0, 0.05) is 6.07 Å². The minimum absolute atomic E-state index is 0.169. The standard InChI is InChI=1S/C30H24N4O8S/c1-4-41-29(36)26-18(3)31-30-32(27(26)20-10-8-17(2)9-11-20)28(35)25(43-30)15-19-6-5-7-22(14-19)42-24-13-12-21(33(37)38)16-23(24)34(39)40/h5-16,27H,4H2,1-3H3/b25-15-/t27-/m0/s1.